The number of amides is 1. The van der Waals surface area contributed by atoms with Gasteiger partial charge in [0.1, 0.15) is 4.90 Å². The van der Waals surface area contributed by atoms with Gasteiger partial charge in [0, 0.05) is 29.8 Å². The molecule has 0 fully saturated rings. The summed E-state index contributed by atoms with van der Waals surface area (Å²) in [5.41, 5.74) is -0.689. The van der Waals surface area contributed by atoms with Crippen molar-refractivity contribution in [3.63, 3.8) is 0 Å². The molecular formula is C18H19ClN2O4S. The number of aliphatic hydroxyl groups is 1. The predicted molar refractivity (Wildman–Crippen MR) is 98.5 cm³/mol. The molecule has 1 aliphatic heterocycles. The van der Waals surface area contributed by atoms with E-state index in [1.165, 1.54) is 23.1 Å². The van der Waals surface area contributed by atoms with Crippen LogP contribution in [-0.2, 0) is 15.7 Å². The van der Waals surface area contributed by atoms with E-state index in [0.717, 1.165) is 0 Å². The number of benzene rings is 2. The van der Waals surface area contributed by atoms with Crippen LogP contribution >= 0.6 is 11.6 Å². The number of carbonyl (C=O) groups excluding carboxylic acids is 1. The van der Waals surface area contributed by atoms with Gasteiger partial charge in [0.15, 0.2) is 5.72 Å². The number of halogens is 1. The number of nitrogens with one attached hydrogen (secondary N) is 1. The molecule has 8 heteroatoms. The third-order valence-corrected chi connectivity index (χ3v) is 6.47. The minimum absolute atomic E-state index is 0.0407. The van der Waals surface area contributed by atoms with Crippen LogP contribution in [0.25, 0.3) is 0 Å². The Morgan fingerprint density at radius 1 is 1.19 bits per heavy atom. The van der Waals surface area contributed by atoms with Crippen LogP contribution in [0, 0.1) is 0 Å². The number of rotatable bonds is 5. The highest BCUT2D eigenvalue weighted by molar-refractivity contribution is 7.89. The number of nitrogens with zero attached hydrogens (tertiary/aromatic N) is 1. The molecule has 0 spiro atoms. The van der Waals surface area contributed by atoms with Gasteiger partial charge < -0.3 is 10.0 Å². The smallest absolute Gasteiger partial charge is 0.257 e. The van der Waals surface area contributed by atoms with E-state index in [1.54, 1.807) is 38.1 Å². The maximum atomic E-state index is 12.7. The third-order valence-electron chi connectivity index (χ3n) is 4.44. The number of fused-ring (bicyclic) bond motifs is 1. The highest BCUT2D eigenvalue weighted by Gasteiger charge is 2.49. The van der Waals surface area contributed by atoms with E-state index in [0.29, 0.717) is 11.1 Å². The molecule has 0 bridgehead atoms. The predicted octanol–water partition coefficient (Wildman–Crippen LogP) is 2.31. The SMILES string of the molecule is CCNS(=O)(=O)c1cc(C2(O)c3ccccc3C(=O)N2CC)ccc1Cl. The summed E-state index contributed by atoms with van der Waals surface area (Å²) in [4.78, 5) is 13.8. The molecule has 2 aromatic carbocycles. The summed E-state index contributed by atoms with van der Waals surface area (Å²) in [6.45, 7) is 3.87. The monoisotopic (exact) mass is 394 g/mol. The van der Waals surface area contributed by atoms with Crippen LogP contribution in [0.2, 0.25) is 5.02 Å². The van der Waals surface area contributed by atoms with Gasteiger partial charge in [0.2, 0.25) is 10.0 Å². The second-order valence-electron chi connectivity index (χ2n) is 5.91. The van der Waals surface area contributed by atoms with E-state index in [4.69, 9.17) is 11.6 Å². The summed E-state index contributed by atoms with van der Waals surface area (Å²) in [7, 11) is -3.83. The molecule has 0 saturated heterocycles. The summed E-state index contributed by atoms with van der Waals surface area (Å²) in [5.74, 6) is -0.309. The Hall–Kier alpha value is -1.93. The Bertz CT molecular complexity index is 977. The van der Waals surface area contributed by atoms with E-state index in [9.17, 15) is 18.3 Å². The zero-order valence-corrected chi connectivity index (χ0v) is 15.9. The number of hydrogen-bond acceptors (Lipinski definition) is 4. The van der Waals surface area contributed by atoms with Crippen molar-refractivity contribution in [2.24, 2.45) is 0 Å². The summed E-state index contributed by atoms with van der Waals surface area (Å²) in [5, 5.41) is 11.5. The second kappa shape index (κ2) is 6.66. The molecule has 2 N–H and O–H groups in total. The van der Waals surface area contributed by atoms with Crippen molar-refractivity contribution in [2.45, 2.75) is 24.5 Å². The van der Waals surface area contributed by atoms with Crippen LogP contribution in [0.1, 0.15) is 35.3 Å². The topological polar surface area (TPSA) is 86.7 Å². The molecule has 26 heavy (non-hydrogen) atoms. The van der Waals surface area contributed by atoms with Crippen molar-refractivity contribution in [3.05, 3.63) is 64.2 Å². The fourth-order valence-corrected chi connectivity index (χ4v) is 4.85. The lowest BCUT2D eigenvalue weighted by Gasteiger charge is -2.34. The molecule has 1 aliphatic rings. The molecule has 1 atom stereocenters. The molecule has 2 aromatic rings. The van der Waals surface area contributed by atoms with Crippen molar-refractivity contribution in [3.8, 4) is 0 Å². The van der Waals surface area contributed by atoms with Crippen LogP contribution in [0.15, 0.2) is 47.4 Å². The summed E-state index contributed by atoms with van der Waals surface area (Å²) < 4.78 is 27.2. The average Bonchev–Trinajstić information content (AvgIpc) is 2.83. The van der Waals surface area contributed by atoms with Crippen LogP contribution in [0.4, 0.5) is 0 Å². The molecule has 0 aliphatic carbocycles. The summed E-state index contributed by atoms with van der Waals surface area (Å²) in [6.07, 6.45) is 0. The molecule has 0 aromatic heterocycles. The van der Waals surface area contributed by atoms with E-state index in [1.807, 2.05) is 0 Å². The van der Waals surface area contributed by atoms with Gasteiger partial charge >= 0.3 is 0 Å². The first-order valence-corrected chi connectivity index (χ1v) is 10.1. The first-order chi connectivity index (χ1) is 12.3. The Morgan fingerprint density at radius 2 is 1.88 bits per heavy atom. The molecule has 1 heterocycles. The van der Waals surface area contributed by atoms with Crippen LogP contribution < -0.4 is 4.72 Å². The lowest BCUT2D eigenvalue weighted by Crippen LogP contribution is -2.44. The Kier molecular flexibility index (Phi) is 4.83. The van der Waals surface area contributed by atoms with Crippen molar-refractivity contribution in [2.75, 3.05) is 13.1 Å². The van der Waals surface area contributed by atoms with Crippen LogP contribution in [0.5, 0.6) is 0 Å². The standard InChI is InChI=1S/C18H19ClN2O4S/c1-3-20-26(24,25)16-11-12(9-10-15(16)19)18(23)14-8-6-5-7-13(14)17(22)21(18)4-2/h5-11,20,23H,3-4H2,1-2H3. The third kappa shape index (κ3) is 2.72. The van der Waals surface area contributed by atoms with Crippen molar-refractivity contribution < 1.29 is 18.3 Å². The van der Waals surface area contributed by atoms with Crippen molar-refractivity contribution in [1.29, 1.82) is 0 Å². The van der Waals surface area contributed by atoms with Gasteiger partial charge in [-0.2, -0.15) is 0 Å². The number of hydrogen-bond donors (Lipinski definition) is 2. The first kappa shape index (κ1) is 18.8. The summed E-state index contributed by atoms with van der Waals surface area (Å²) in [6, 6.07) is 11.0. The van der Waals surface area contributed by atoms with E-state index < -0.39 is 15.7 Å². The maximum Gasteiger partial charge on any atom is 0.257 e. The molecule has 3 rings (SSSR count). The van der Waals surface area contributed by atoms with Gasteiger partial charge in [0.05, 0.1) is 5.02 Å². The zero-order valence-electron chi connectivity index (χ0n) is 14.4. The van der Waals surface area contributed by atoms with E-state index in [-0.39, 0.29) is 34.5 Å². The maximum absolute atomic E-state index is 12.7. The largest absolute Gasteiger partial charge is 0.363 e. The Balaban J connectivity index is 2.24. The Labute approximate surface area is 157 Å². The van der Waals surface area contributed by atoms with Gasteiger partial charge in [-0.15, -0.1) is 0 Å². The van der Waals surface area contributed by atoms with E-state index >= 15 is 0 Å². The lowest BCUT2D eigenvalue weighted by atomic mass is 9.94. The fourth-order valence-electron chi connectivity index (χ4n) is 3.29. The molecule has 6 nitrogen and oxygen atoms in total. The van der Waals surface area contributed by atoms with Crippen molar-refractivity contribution in [1.82, 2.24) is 9.62 Å². The first-order valence-electron chi connectivity index (χ1n) is 8.20. The molecular weight excluding hydrogens is 376 g/mol. The normalized spacial score (nSPS) is 19.7. The van der Waals surface area contributed by atoms with Gasteiger partial charge in [-0.1, -0.05) is 42.8 Å². The average molecular weight is 395 g/mol. The Morgan fingerprint density at radius 3 is 2.54 bits per heavy atom. The van der Waals surface area contributed by atoms with E-state index in [2.05, 4.69) is 4.72 Å². The van der Waals surface area contributed by atoms with Crippen molar-refractivity contribution >= 4 is 27.5 Å². The second-order valence-corrected chi connectivity index (χ2v) is 8.06. The highest BCUT2D eigenvalue weighted by Crippen LogP contribution is 2.43. The molecule has 0 saturated carbocycles. The quantitative estimate of drug-likeness (QED) is 0.814. The minimum atomic E-state index is -3.83. The lowest BCUT2D eigenvalue weighted by molar-refractivity contribution is -0.0475. The fraction of sp³-hybridized carbons (Fsp3) is 0.278. The molecule has 138 valence electrons. The number of carbonyl (C=O) groups is 1. The highest BCUT2D eigenvalue weighted by atomic mass is 35.5. The number of sulfonamides is 1. The van der Waals surface area contributed by atoms with Crippen LogP contribution in [-0.4, -0.2) is 37.4 Å². The summed E-state index contributed by atoms with van der Waals surface area (Å²) >= 11 is 6.09. The molecule has 1 amide bonds. The zero-order chi connectivity index (χ0) is 19.1. The minimum Gasteiger partial charge on any atom is -0.363 e. The van der Waals surface area contributed by atoms with Gasteiger partial charge in [-0.25, -0.2) is 13.1 Å². The van der Waals surface area contributed by atoms with Gasteiger partial charge in [0.25, 0.3) is 5.91 Å². The van der Waals surface area contributed by atoms with Gasteiger partial charge in [-0.3, -0.25) is 4.79 Å². The molecule has 0 radical (unpaired) electrons. The molecule has 1 unspecified atom stereocenters. The van der Waals surface area contributed by atoms with Crippen LogP contribution in [0.3, 0.4) is 0 Å². The van der Waals surface area contributed by atoms with Gasteiger partial charge in [-0.05, 0) is 25.1 Å².